The first kappa shape index (κ1) is 11.3. The second-order valence-corrected chi connectivity index (χ2v) is 3.60. The Morgan fingerprint density at radius 3 is 2.85 bits per heavy atom. The van der Waals surface area contributed by atoms with E-state index in [0.29, 0.717) is 6.61 Å². The first-order valence-corrected chi connectivity index (χ1v) is 4.86. The Balaban J connectivity index is 2.66. The Hall–Kier alpha value is 0.230. The van der Waals surface area contributed by atoms with E-state index in [1.165, 1.54) is 0 Å². The van der Waals surface area contributed by atoms with Gasteiger partial charge in [0.1, 0.15) is 17.8 Å². The molecule has 0 aromatic heterocycles. The number of hydrogen-bond acceptors (Lipinski definition) is 5. The van der Waals surface area contributed by atoms with Gasteiger partial charge in [0, 0.05) is 7.11 Å². The molecule has 1 aliphatic heterocycles. The monoisotopic (exact) mass is 210 g/mol. The lowest BCUT2D eigenvalue weighted by molar-refractivity contribution is -0.0558. The SMILES string of the molecule is CO[C@@]1(C)CO[C@H](CO)C1OPO. The van der Waals surface area contributed by atoms with E-state index < -0.39 is 26.8 Å². The molecular formula is C7H15O5P. The maximum Gasteiger partial charge on any atom is 0.152 e. The summed E-state index contributed by atoms with van der Waals surface area (Å²) in [5, 5.41) is 8.95. The van der Waals surface area contributed by atoms with Gasteiger partial charge in [0.2, 0.25) is 0 Å². The molecule has 4 atom stereocenters. The van der Waals surface area contributed by atoms with Crippen molar-refractivity contribution in [2.75, 3.05) is 20.3 Å². The van der Waals surface area contributed by atoms with E-state index in [9.17, 15) is 0 Å². The molecule has 0 aliphatic carbocycles. The van der Waals surface area contributed by atoms with Crippen LogP contribution in [0.1, 0.15) is 6.92 Å². The normalized spacial score (nSPS) is 40.6. The van der Waals surface area contributed by atoms with E-state index >= 15 is 0 Å². The van der Waals surface area contributed by atoms with E-state index in [4.69, 9.17) is 24.0 Å². The van der Waals surface area contributed by atoms with Crippen LogP contribution in [0.3, 0.4) is 0 Å². The molecule has 13 heavy (non-hydrogen) atoms. The van der Waals surface area contributed by atoms with Gasteiger partial charge < -0.3 is 24.0 Å². The average molecular weight is 210 g/mol. The molecule has 1 rings (SSSR count). The number of ether oxygens (including phenoxy) is 2. The summed E-state index contributed by atoms with van der Waals surface area (Å²) in [6.45, 7) is 2.06. The lowest BCUT2D eigenvalue weighted by Gasteiger charge is -2.28. The zero-order chi connectivity index (χ0) is 9.90. The van der Waals surface area contributed by atoms with Crippen molar-refractivity contribution in [2.24, 2.45) is 0 Å². The maximum absolute atomic E-state index is 8.95. The van der Waals surface area contributed by atoms with Crippen LogP contribution in [0.5, 0.6) is 0 Å². The lowest BCUT2D eigenvalue weighted by atomic mass is 9.99. The molecule has 1 aliphatic rings. The Labute approximate surface area is 78.9 Å². The highest BCUT2D eigenvalue weighted by Gasteiger charge is 2.47. The minimum Gasteiger partial charge on any atom is -0.394 e. The van der Waals surface area contributed by atoms with Gasteiger partial charge in [-0.05, 0) is 6.92 Å². The predicted molar refractivity (Wildman–Crippen MR) is 47.6 cm³/mol. The third-order valence-corrected chi connectivity index (χ3v) is 2.71. The molecule has 1 fully saturated rings. The van der Waals surface area contributed by atoms with Crippen LogP contribution < -0.4 is 0 Å². The van der Waals surface area contributed by atoms with E-state index in [1.807, 2.05) is 6.92 Å². The van der Waals surface area contributed by atoms with Crippen molar-refractivity contribution < 1.29 is 24.0 Å². The summed E-state index contributed by atoms with van der Waals surface area (Å²) in [6, 6.07) is 0. The van der Waals surface area contributed by atoms with Crippen LogP contribution in [-0.4, -0.2) is 48.1 Å². The smallest absolute Gasteiger partial charge is 0.152 e. The molecule has 0 aromatic rings. The van der Waals surface area contributed by atoms with Crippen LogP contribution in [0.2, 0.25) is 0 Å². The van der Waals surface area contributed by atoms with E-state index in [2.05, 4.69) is 0 Å². The predicted octanol–water partition coefficient (Wildman–Crippen LogP) is -0.331. The largest absolute Gasteiger partial charge is 0.394 e. The highest BCUT2D eigenvalue weighted by atomic mass is 31.1. The Kier molecular flexibility index (Phi) is 4.04. The molecule has 0 bridgehead atoms. The molecule has 0 spiro atoms. The summed E-state index contributed by atoms with van der Waals surface area (Å²) < 4.78 is 15.6. The van der Waals surface area contributed by atoms with E-state index in [1.54, 1.807) is 7.11 Å². The highest BCUT2D eigenvalue weighted by Crippen LogP contribution is 2.33. The fraction of sp³-hybridized carbons (Fsp3) is 1.00. The fourth-order valence-electron chi connectivity index (χ4n) is 1.42. The summed E-state index contributed by atoms with van der Waals surface area (Å²) >= 11 is 0. The molecular weight excluding hydrogens is 195 g/mol. The van der Waals surface area contributed by atoms with Gasteiger partial charge in [0.25, 0.3) is 0 Å². The van der Waals surface area contributed by atoms with Gasteiger partial charge in [0.05, 0.1) is 13.2 Å². The molecule has 6 heteroatoms. The summed E-state index contributed by atoms with van der Waals surface area (Å²) in [5.74, 6) is 0. The molecule has 0 aromatic carbocycles. The van der Waals surface area contributed by atoms with E-state index in [-0.39, 0.29) is 6.61 Å². The summed E-state index contributed by atoms with van der Waals surface area (Å²) in [6.07, 6.45) is -0.824. The van der Waals surface area contributed by atoms with Crippen molar-refractivity contribution in [3.05, 3.63) is 0 Å². The summed E-state index contributed by atoms with van der Waals surface area (Å²) in [7, 11) is 0.935. The number of aliphatic hydroxyl groups is 1. The Morgan fingerprint density at radius 1 is 1.69 bits per heavy atom. The van der Waals surface area contributed by atoms with Gasteiger partial charge in [-0.2, -0.15) is 0 Å². The van der Waals surface area contributed by atoms with Crippen LogP contribution >= 0.6 is 9.03 Å². The number of methoxy groups -OCH3 is 1. The highest BCUT2D eigenvalue weighted by molar-refractivity contribution is 7.25. The van der Waals surface area contributed by atoms with Crippen molar-refractivity contribution in [3.8, 4) is 0 Å². The fourth-order valence-corrected chi connectivity index (χ4v) is 1.93. The first-order valence-electron chi connectivity index (χ1n) is 4.00. The molecule has 0 saturated carbocycles. The van der Waals surface area contributed by atoms with Crippen LogP contribution in [0.15, 0.2) is 0 Å². The van der Waals surface area contributed by atoms with Crippen molar-refractivity contribution in [1.82, 2.24) is 0 Å². The molecule has 0 radical (unpaired) electrons. The molecule has 5 nitrogen and oxygen atoms in total. The molecule has 2 N–H and O–H groups in total. The lowest BCUT2D eigenvalue weighted by Crippen LogP contribution is -2.44. The zero-order valence-electron chi connectivity index (χ0n) is 7.69. The van der Waals surface area contributed by atoms with E-state index in [0.717, 1.165) is 0 Å². The van der Waals surface area contributed by atoms with Gasteiger partial charge in [-0.25, -0.2) is 0 Å². The molecule has 1 saturated heterocycles. The topological polar surface area (TPSA) is 68.2 Å². The van der Waals surface area contributed by atoms with Crippen LogP contribution in [0, 0.1) is 0 Å². The van der Waals surface area contributed by atoms with Crippen molar-refractivity contribution >= 4 is 9.03 Å². The third-order valence-electron chi connectivity index (χ3n) is 2.35. The van der Waals surface area contributed by atoms with Gasteiger partial charge in [-0.3, -0.25) is 0 Å². The summed E-state index contributed by atoms with van der Waals surface area (Å²) in [5.41, 5.74) is -0.580. The summed E-state index contributed by atoms with van der Waals surface area (Å²) in [4.78, 5) is 8.68. The molecule has 2 unspecified atom stereocenters. The maximum atomic E-state index is 8.95. The van der Waals surface area contributed by atoms with Crippen molar-refractivity contribution in [2.45, 2.75) is 24.7 Å². The first-order chi connectivity index (χ1) is 6.18. The van der Waals surface area contributed by atoms with Crippen LogP contribution in [0.4, 0.5) is 0 Å². The average Bonchev–Trinajstić information content (AvgIpc) is 2.46. The second kappa shape index (κ2) is 4.64. The standard InChI is InChI=1S/C7H15O5P/c1-7(10-2)4-11-5(3-8)6(7)12-13-9/h5-6,8-9,13H,3-4H2,1-2H3/t5-,6?,7+/m1/s1. The second-order valence-electron chi connectivity index (χ2n) is 3.18. The van der Waals surface area contributed by atoms with Crippen LogP contribution in [0.25, 0.3) is 0 Å². The third kappa shape index (κ3) is 2.18. The number of hydrogen-bond donors (Lipinski definition) is 2. The number of rotatable bonds is 4. The van der Waals surface area contributed by atoms with Crippen LogP contribution in [-0.2, 0) is 14.0 Å². The van der Waals surface area contributed by atoms with Gasteiger partial charge in [-0.15, -0.1) is 0 Å². The van der Waals surface area contributed by atoms with Crippen molar-refractivity contribution in [3.63, 3.8) is 0 Å². The minimum atomic E-state index is -0.621. The molecule has 1 heterocycles. The molecule has 78 valence electrons. The zero-order valence-corrected chi connectivity index (χ0v) is 8.69. The Bertz CT molecular complexity index is 167. The number of aliphatic hydroxyl groups excluding tert-OH is 1. The molecule has 0 amide bonds. The quantitative estimate of drug-likeness (QED) is 0.622. The Morgan fingerprint density at radius 2 is 2.38 bits per heavy atom. The van der Waals surface area contributed by atoms with Gasteiger partial charge in [0.15, 0.2) is 9.03 Å². The van der Waals surface area contributed by atoms with Gasteiger partial charge >= 0.3 is 0 Å². The van der Waals surface area contributed by atoms with Crippen molar-refractivity contribution in [1.29, 1.82) is 0 Å². The van der Waals surface area contributed by atoms with Gasteiger partial charge in [-0.1, -0.05) is 0 Å². The minimum absolute atomic E-state index is 0.131.